The average molecular weight is 452 g/mol. The second-order valence-corrected chi connectivity index (χ2v) is 11.3. The monoisotopic (exact) mass is 451 g/mol. The number of likely N-dealkylation sites (N-methyl/N-ethyl adjacent to an activating group) is 1. The molecule has 5 nitrogen and oxygen atoms in total. The van der Waals surface area contributed by atoms with Gasteiger partial charge in [0.1, 0.15) is 5.75 Å². The molecule has 3 aliphatic rings. The molecule has 2 saturated carbocycles. The third kappa shape index (κ3) is 3.54. The van der Waals surface area contributed by atoms with Crippen molar-refractivity contribution in [2.24, 2.45) is 5.92 Å². The van der Waals surface area contributed by atoms with Crippen molar-refractivity contribution in [3.05, 3.63) is 46.3 Å². The van der Waals surface area contributed by atoms with Crippen molar-refractivity contribution >= 4 is 0 Å². The van der Waals surface area contributed by atoms with E-state index < -0.39 is 11.0 Å². The summed E-state index contributed by atoms with van der Waals surface area (Å²) in [5, 5.41) is 28.5. The van der Waals surface area contributed by atoms with Gasteiger partial charge < -0.3 is 15.1 Å². The van der Waals surface area contributed by atoms with Gasteiger partial charge in [-0.2, -0.15) is 5.10 Å². The third-order valence-electron chi connectivity index (χ3n) is 9.46. The fourth-order valence-corrected chi connectivity index (χ4v) is 6.70. The highest BCUT2D eigenvalue weighted by Crippen LogP contribution is 2.52. The normalized spacial score (nSPS) is 28.6. The fraction of sp³-hybridized carbons (Fsp3) is 0.679. The number of fused-ring (bicyclic) bond motifs is 1. The highest BCUT2D eigenvalue weighted by Gasteiger charge is 2.58. The quantitative estimate of drug-likeness (QED) is 0.632. The van der Waals surface area contributed by atoms with E-state index in [9.17, 15) is 10.2 Å². The lowest BCUT2D eigenvalue weighted by molar-refractivity contribution is -0.104. The van der Waals surface area contributed by atoms with E-state index in [0.29, 0.717) is 18.9 Å². The first-order chi connectivity index (χ1) is 15.7. The summed E-state index contributed by atoms with van der Waals surface area (Å²) in [4.78, 5) is 2.39. The molecule has 0 radical (unpaired) electrons. The second kappa shape index (κ2) is 8.13. The molecule has 2 aromatic rings. The number of aliphatic hydroxyl groups is 1. The number of hydrogen-bond donors (Lipinski definition) is 2. The smallest absolute Gasteiger partial charge is 0.115 e. The van der Waals surface area contributed by atoms with Crippen molar-refractivity contribution in [1.29, 1.82) is 0 Å². The molecule has 2 fully saturated rings. The lowest BCUT2D eigenvalue weighted by atomic mass is 9.55. The first kappa shape index (κ1) is 22.9. The maximum absolute atomic E-state index is 12.9. The van der Waals surface area contributed by atoms with E-state index >= 15 is 0 Å². The summed E-state index contributed by atoms with van der Waals surface area (Å²) in [5.74, 6) is 1.04. The Labute approximate surface area is 198 Å². The minimum atomic E-state index is -0.963. The van der Waals surface area contributed by atoms with Crippen molar-refractivity contribution in [3.63, 3.8) is 0 Å². The summed E-state index contributed by atoms with van der Waals surface area (Å²) < 4.78 is 2.26. The Morgan fingerprint density at radius 2 is 1.91 bits per heavy atom. The number of benzene rings is 1. The molecule has 0 aliphatic heterocycles. The number of hydrogen-bond acceptors (Lipinski definition) is 4. The number of aromatic nitrogens is 2. The van der Waals surface area contributed by atoms with Crippen molar-refractivity contribution in [2.45, 2.75) is 102 Å². The van der Waals surface area contributed by atoms with Gasteiger partial charge in [0.25, 0.3) is 0 Å². The van der Waals surface area contributed by atoms with Gasteiger partial charge >= 0.3 is 0 Å². The zero-order valence-corrected chi connectivity index (χ0v) is 21.1. The van der Waals surface area contributed by atoms with E-state index in [1.165, 1.54) is 43.4 Å². The molecule has 1 aromatic heterocycles. The molecule has 1 aromatic carbocycles. The van der Waals surface area contributed by atoms with Crippen LogP contribution in [-0.4, -0.2) is 50.1 Å². The molecule has 1 heterocycles. The highest BCUT2D eigenvalue weighted by molar-refractivity contribution is 5.47. The van der Waals surface area contributed by atoms with Gasteiger partial charge in [0.05, 0.1) is 17.3 Å². The van der Waals surface area contributed by atoms with Crippen LogP contribution >= 0.6 is 0 Å². The van der Waals surface area contributed by atoms with Gasteiger partial charge in [-0.25, -0.2) is 0 Å². The molecular formula is C28H41N3O2. The Balaban J connectivity index is 1.66. The van der Waals surface area contributed by atoms with E-state index in [2.05, 4.69) is 44.3 Å². The summed E-state index contributed by atoms with van der Waals surface area (Å²) in [7, 11) is 2.18. The zero-order chi connectivity index (χ0) is 23.5. The van der Waals surface area contributed by atoms with Crippen LogP contribution in [0, 0.1) is 19.8 Å². The maximum Gasteiger partial charge on any atom is 0.115 e. The Bertz CT molecular complexity index is 1040. The lowest BCUT2D eigenvalue weighted by Gasteiger charge is -2.55. The predicted octanol–water partition coefficient (Wildman–Crippen LogP) is 4.84. The summed E-state index contributed by atoms with van der Waals surface area (Å²) >= 11 is 0. The van der Waals surface area contributed by atoms with Crippen LogP contribution in [0.15, 0.2) is 18.2 Å². The zero-order valence-electron chi connectivity index (χ0n) is 21.1. The van der Waals surface area contributed by atoms with Gasteiger partial charge in [0.2, 0.25) is 0 Å². The Hall–Kier alpha value is -1.85. The molecular weight excluding hydrogens is 410 g/mol. The minimum absolute atomic E-state index is 0.0144. The molecule has 0 bridgehead atoms. The number of aromatic hydroxyl groups is 1. The SMILES string of the molecule is CC[C@]1(c2cc(O)ccc2C)Cc2nn(C3CCC3)c(C)c2C[C@@]1(O)[C@@H](C)N(C)CC1CC1. The molecule has 3 atom stereocenters. The van der Waals surface area contributed by atoms with E-state index in [0.717, 1.165) is 35.7 Å². The van der Waals surface area contributed by atoms with E-state index in [1.54, 1.807) is 6.07 Å². The van der Waals surface area contributed by atoms with Gasteiger partial charge in [-0.15, -0.1) is 0 Å². The summed E-state index contributed by atoms with van der Waals surface area (Å²) in [5.41, 5.74) is 4.36. The standard InChI is InChI=1S/C28H41N3O2/c1-6-27(25-14-23(32)13-10-18(25)2)16-26-24(19(3)31(29-26)22-8-7-9-22)15-28(27,33)20(4)30(5)17-21-11-12-21/h10,13-14,20-22,32-33H,6-9,11-12,15-17H2,1-5H3/t20-,27-,28-/m1/s1. The molecule has 2 N–H and O–H groups in total. The van der Waals surface area contributed by atoms with Crippen LogP contribution in [0.4, 0.5) is 0 Å². The Morgan fingerprint density at radius 3 is 2.52 bits per heavy atom. The van der Waals surface area contributed by atoms with Crippen molar-refractivity contribution in [1.82, 2.24) is 14.7 Å². The predicted molar refractivity (Wildman–Crippen MR) is 132 cm³/mol. The summed E-state index contributed by atoms with van der Waals surface area (Å²) in [6, 6.07) is 6.15. The maximum atomic E-state index is 12.9. The molecule has 5 heteroatoms. The highest BCUT2D eigenvalue weighted by atomic mass is 16.3. The van der Waals surface area contributed by atoms with Crippen LogP contribution in [-0.2, 0) is 18.3 Å². The van der Waals surface area contributed by atoms with E-state index in [4.69, 9.17) is 5.10 Å². The molecule has 5 rings (SSSR count). The van der Waals surface area contributed by atoms with Crippen LogP contribution in [0.25, 0.3) is 0 Å². The van der Waals surface area contributed by atoms with Crippen LogP contribution < -0.4 is 0 Å². The van der Waals surface area contributed by atoms with Crippen molar-refractivity contribution in [2.75, 3.05) is 13.6 Å². The van der Waals surface area contributed by atoms with Crippen molar-refractivity contribution in [3.8, 4) is 5.75 Å². The Morgan fingerprint density at radius 1 is 1.18 bits per heavy atom. The van der Waals surface area contributed by atoms with Crippen LogP contribution in [0.1, 0.15) is 86.5 Å². The summed E-state index contributed by atoms with van der Waals surface area (Å²) in [6.45, 7) is 9.75. The minimum Gasteiger partial charge on any atom is -0.508 e. The Kier molecular flexibility index (Phi) is 5.64. The third-order valence-corrected chi connectivity index (χ3v) is 9.46. The summed E-state index contributed by atoms with van der Waals surface area (Å²) in [6.07, 6.45) is 8.41. The number of rotatable bonds is 7. The van der Waals surface area contributed by atoms with Gasteiger partial charge in [-0.1, -0.05) is 13.0 Å². The molecule has 0 saturated heterocycles. The van der Waals surface area contributed by atoms with E-state index in [1.807, 2.05) is 12.1 Å². The molecule has 3 aliphatic carbocycles. The second-order valence-electron chi connectivity index (χ2n) is 11.3. The molecule has 0 unspecified atom stereocenters. The molecule has 0 spiro atoms. The largest absolute Gasteiger partial charge is 0.508 e. The number of nitrogens with zero attached hydrogens (tertiary/aromatic N) is 3. The number of phenols is 1. The van der Waals surface area contributed by atoms with Gasteiger partial charge in [0, 0.05) is 36.5 Å². The lowest BCUT2D eigenvalue weighted by Crippen LogP contribution is -2.66. The van der Waals surface area contributed by atoms with Crippen LogP contribution in [0.3, 0.4) is 0 Å². The van der Waals surface area contributed by atoms with Crippen molar-refractivity contribution < 1.29 is 10.2 Å². The van der Waals surface area contributed by atoms with Gasteiger partial charge in [-0.3, -0.25) is 4.68 Å². The average Bonchev–Trinajstić information content (AvgIpc) is 3.52. The topological polar surface area (TPSA) is 61.5 Å². The number of phenolic OH excluding ortho intramolecular Hbond substituents is 1. The molecule has 0 amide bonds. The van der Waals surface area contributed by atoms with Gasteiger partial charge in [0.15, 0.2) is 0 Å². The number of aryl methyl sites for hydroxylation is 1. The molecule has 33 heavy (non-hydrogen) atoms. The first-order valence-electron chi connectivity index (χ1n) is 13.0. The fourth-order valence-electron chi connectivity index (χ4n) is 6.70. The first-order valence-corrected chi connectivity index (χ1v) is 13.0. The van der Waals surface area contributed by atoms with E-state index in [-0.39, 0.29) is 11.8 Å². The van der Waals surface area contributed by atoms with Crippen LogP contribution in [0.2, 0.25) is 0 Å². The molecule has 180 valence electrons. The van der Waals surface area contributed by atoms with Gasteiger partial charge in [-0.05, 0) is 101 Å². The van der Waals surface area contributed by atoms with Crippen LogP contribution in [0.5, 0.6) is 5.75 Å².